The van der Waals surface area contributed by atoms with E-state index in [4.69, 9.17) is 4.74 Å². The molecule has 0 aliphatic carbocycles. The van der Waals surface area contributed by atoms with Crippen molar-refractivity contribution < 1.29 is 27.5 Å². The van der Waals surface area contributed by atoms with Crippen LogP contribution in [-0.2, 0) is 6.54 Å². The first-order chi connectivity index (χ1) is 12.3. The monoisotopic (exact) mass is 365 g/mol. The van der Waals surface area contributed by atoms with Gasteiger partial charge in [0, 0.05) is 24.0 Å². The van der Waals surface area contributed by atoms with E-state index >= 15 is 0 Å². The second-order valence-corrected chi connectivity index (χ2v) is 5.67. The summed E-state index contributed by atoms with van der Waals surface area (Å²) >= 11 is 0. The first-order valence-corrected chi connectivity index (χ1v) is 7.66. The second-order valence-electron chi connectivity index (χ2n) is 5.67. The molecule has 6 nitrogen and oxygen atoms in total. The topological polar surface area (TPSA) is 80.3 Å². The normalized spacial score (nSPS) is 14.4. The van der Waals surface area contributed by atoms with Crippen molar-refractivity contribution in [1.29, 1.82) is 0 Å². The van der Waals surface area contributed by atoms with E-state index in [-0.39, 0.29) is 11.5 Å². The molecule has 0 bridgehead atoms. The van der Waals surface area contributed by atoms with Crippen LogP contribution in [0.5, 0.6) is 5.88 Å². The number of benzene rings is 1. The maximum Gasteiger partial charge on any atom is 0.425 e. The van der Waals surface area contributed by atoms with Gasteiger partial charge in [0.25, 0.3) is 11.8 Å². The zero-order valence-corrected chi connectivity index (χ0v) is 13.6. The summed E-state index contributed by atoms with van der Waals surface area (Å²) in [6.45, 7) is 1.24. The number of amides is 2. The van der Waals surface area contributed by atoms with Crippen LogP contribution in [0.3, 0.4) is 0 Å². The summed E-state index contributed by atoms with van der Waals surface area (Å²) < 4.78 is 42.9. The summed E-state index contributed by atoms with van der Waals surface area (Å²) in [7, 11) is 0. The highest BCUT2D eigenvalue weighted by atomic mass is 19.4. The highest BCUT2D eigenvalue weighted by molar-refractivity contribution is 6.07. The third kappa shape index (κ3) is 3.61. The maximum atomic E-state index is 12.7. The molecule has 1 aromatic carbocycles. The fourth-order valence-corrected chi connectivity index (χ4v) is 2.38. The van der Waals surface area contributed by atoms with Crippen LogP contribution in [-0.4, -0.2) is 29.1 Å². The Morgan fingerprint density at radius 3 is 2.85 bits per heavy atom. The fraction of sp³-hybridized carbons (Fsp3) is 0.235. The molecule has 2 amide bonds. The molecule has 9 heteroatoms. The van der Waals surface area contributed by atoms with E-state index in [9.17, 15) is 22.8 Å². The van der Waals surface area contributed by atoms with Crippen LogP contribution in [0.1, 0.15) is 33.2 Å². The van der Waals surface area contributed by atoms with E-state index in [0.717, 1.165) is 12.5 Å². The van der Waals surface area contributed by atoms with Gasteiger partial charge in [0.1, 0.15) is 5.56 Å². The Kier molecular flexibility index (Phi) is 4.54. The predicted octanol–water partition coefficient (Wildman–Crippen LogP) is 2.91. The number of nitrogens with zero attached hydrogens (tertiary/aromatic N) is 1. The van der Waals surface area contributed by atoms with Crippen LogP contribution >= 0.6 is 0 Å². The minimum atomic E-state index is -4.58. The zero-order chi connectivity index (χ0) is 18.9. The van der Waals surface area contributed by atoms with Gasteiger partial charge in [-0.2, -0.15) is 13.2 Å². The molecule has 1 aliphatic rings. The molecule has 0 unspecified atom stereocenters. The van der Waals surface area contributed by atoms with Crippen molar-refractivity contribution in [3.05, 3.63) is 53.2 Å². The average Bonchev–Trinajstić information content (AvgIpc) is 2.95. The smallest absolute Gasteiger partial charge is 0.425 e. The van der Waals surface area contributed by atoms with Gasteiger partial charge >= 0.3 is 6.18 Å². The molecule has 26 heavy (non-hydrogen) atoms. The number of aromatic nitrogens is 1. The lowest BCUT2D eigenvalue weighted by atomic mass is 10.1. The fourth-order valence-electron chi connectivity index (χ4n) is 2.38. The van der Waals surface area contributed by atoms with E-state index in [0.29, 0.717) is 17.8 Å². The van der Waals surface area contributed by atoms with E-state index in [1.54, 1.807) is 12.1 Å². The summed E-state index contributed by atoms with van der Waals surface area (Å²) in [5.41, 5.74) is 1.44. The minimum Gasteiger partial charge on any atom is -0.464 e. The van der Waals surface area contributed by atoms with Crippen LogP contribution in [0.15, 0.2) is 36.5 Å². The molecule has 0 radical (unpaired) electrons. The predicted molar refractivity (Wildman–Crippen MR) is 85.9 cm³/mol. The molecule has 0 saturated heterocycles. The minimum absolute atomic E-state index is 0.145. The van der Waals surface area contributed by atoms with E-state index in [2.05, 4.69) is 15.6 Å². The van der Waals surface area contributed by atoms with Gasteiger partial charge in [-0.25, -0.2) is 4.98 Å². The van der Waals surface area contributed by atoms with Gasteiger partial charge < -0.3 is 15.4 Å². The van der Waals surface area contributed by atoms with Crippen molar-refractivity contribution >= 4 is 17.5 Å². The van der Waals surface area contributed by atoms with Gasteiger partial charge in [0.2, 0.25) is 5.88 Å². The van der Waals surface area contributed by atoms with Crippen molar-refractivity contribution in [3.63, 3.8) is 0 Å². The second kappa shape index (κ2) is 6.66. The van der Waals surface area contributed by atoms with Crippen LogP contribution in [0.25, 0.3) is 0 Å². The first kappa shape index (κ1) is 17.7. The van der Waals surface area contributed by atoms with Crippen LogP contribution in [0.4, 0.5) is 18.9 Å². The van der Waals surface area contributed by atoms with Gasteiger partial charge in [-0.3, -0.25) is 9.59 Å². The van der Waals surface area contributed by atoms with Gasteiger partial charge in [-0.05, 0) is 36.8 Å². The summed E-state index contributed by atoms with van der Waals surface area (Å²) in [5, 5.41) is 5.19. The molecule has 1 atom stereocenters. The Morgan fingerprint density at radius 2 is 2.12 bits per heavy atom. The molecule has 2 N–H and O–H groups in total. The van der Waals surface area contributed by atoms with Crippen LogP contribution in [0.2, 0.25) is 0 Å². The van der Waals surface area contributed by atoms with E-state index in [1.165, 1.54) is 24.4 Å². The number of anilines is 1. The Hall–Kier alpha value is -3.10. The first-order valence-electron chi connectivity index (χ1n) is 7.66. The van der Waals surface area contributed by atoms with Gasteiger partial charge in [0.05, 0.1) is 0 Å². The molecule has 2 heterocycles. The van der Waals surface area contributed by atoms with Crippen LogP contribution in [0, 0.1) is 0 Å². The number of ether oxygens (including phenoxy) is 1. The zero-order valence-electron chi connectivity index (χ0n) is 13.6. The molecule has 136 valence electrons. The number of carbonyl (C=O) groups is 2. The Balaban J connectivity index is 1.81. The molecule has 0 spiro atoms. The number of hydrogen-bond acceptors (Lipinski definition) is 4. The molecule has 1 aromatic heterocycles. The SMILES string of the molecule is C[C@H](Oc1ncccc1C(=O)Nc1ccc2c(c1)C(=O)NC2)C(F)(F)F. The van der Waals surface area contributed by atoms with Crippen molar-refractivity contribution in [2.45, 2.75) is 25.7 Å². The Bertz CT molecular complexity index is 868. The number of fused-ring (bicyclic) bond motifs is 1. The molecule has 0 saturated carbocycles. The quantitative estimate of drug-likeness (QED) is 0.873. The third-order valence-corrected chi connectivity index (χ3v) is 3.82. The summed E-state index contributed by atoms with van der Waals surface area (Å²) in [6, 6.07) is 7.52. The number of nitrogens with one attached hydrogen (secondary N) is 2. The maximum absolute atomic E-state index is 12.7. The standard InChI is InChI=1S/C17H14F3N3O3/c1-9(17(18,19)20)26-16-12(3-2-6-21-16)15(25)23-11-5-4-10-8-22-14(24)13(10)7-11/h2-7,9H,8H2,1H3,(H,22,24)(H,23,25)/t9-/m0/s1. The van der Waals surface area contributed by atoms with Crippen molar-refractivity contribution in [2.75, 3.05) is 5.32 Å². The Morgan fingerprint density at radius 1 is 1.35 bits per heavy atom. The van der Waals surface area contributed by atoms with Gasteiger partial charge in [0.15, 0.2) is 6.10 Å². The number of hydrogen-bond donors (Lipinski definition) is 2. The number of rotatable bonds is 4. The lowest BCUT2D eigenvalue weighted by Crippen LogP contribution is -2.32. The van der Waals surface area contributed by atoms with E-state index < -0.39 is 24.1 Å². The largest absolute Gasteiger partial charge is 0.464 e. The van der Waals surface area contributed by atoms with E-state index in [1.807, 2.05) is 0 Å². The third-order valence-electron chi connectivity index (χ3n) is 3.82. The van der Waals surface area contributed by atoms with Crippen molar-refractivity contribution in [1.82, 2.24) is 10.3 Å². The highest BCUT2D eigenvalue weighted by Crippen LogP contribution is 2.26. The number of halogens is 3. The average molecular weight is 365 g/mol. The lowest BCUT2D eigenvalue weighted by Gasteiger charge is -2.18. The van der Waals surface area contributed by atoms with Gasteiger partial charge in [-0.15, -0.1) is 0 Å². The number of pyridine rings is 1. The molecular weight excluding hydrogens is 351 g/mol. The molecule has 2 aromatic rings. The highest BCUT2D eigenvalue weighted by Gasteiger charge is 2.39. The lowest BCUT2D eigenvalue weighted by molar-refractivity contribution is -0.190. The molecular formula is C17H14F3N3O3. The number of carbonyl (C=O) groups excluding carboxylic acids is 2. The summed E-state index contributed by atoms with van der Waals surface area (Å²) in [5.74, 6) is -1.37. The van der Waals surface area contributed by atoms with Crippen molar-refractivity contribution in [3.8, 4) is 5.88 Å². The van der Waals surface area contributed by atoms with Crippen molar-refractivity contribution in [2.24, 2.45) is 0 Å². The number of alkyl halides is 3. The van der Waals surface area contributed by atoms with Crippen LogP contribution < -0.4 is 15.4 Å². The molecule has 0 fully saturated rings. The molecule has 3 rings (SSSR count). The molecule has 1 aliphatic heterocycles. The Labute approximate surface area is 146 Å². The summed E-state index contributed by atoms with van der Waals surface area (Å²) in [4.78, 5) is 27.8. The van der Waals surface area contributed by atoms with Gasteiger partial charge in [-0.1, -0.05) is 6.07 Å². The summed E-state index contributed by atoms with van der Waals surface area (Å²) in [6.07, 6.45) is -5.47.